The molecule has 0 atom stereocenters. The van der Waals surface area contributed by atoms with E-state index in [0.717, 1.165) is 12.8 Å². The molecule has 0 aliphatic carbocycles. The van der Waals surface area contributed by atoms with Gasteiger partial charge in [-0.2, -0.15) is 0 Å². The summed E-state index contributed by atoms with van der Waals surface area (Å²) in [5.41, 5.74) is 5.42. The highest BCUT2D eigenvalue weighted by Crippen LogP contribution is 2.03. The van der Waals surface area contributed by atoms with Crippen LogP contribution in [0.1, 0.15) is 26.7 Å². The minimum Gasteiger partial charge on any atom is -0.364 e. The highest BCUT2D eigenvalue weighted by atomic mass is 79.9. The summed E-state index contributed by atoms with van der Waals surface area (Å²) in [6, 6.07) is 0. The molecule has 0 aliphatic heterocycles. The van der Waals surface area contributed by atoms with Crippen molar-refractivity contribution >= 4 is 26.5 Å². The number of nitrogens with zero attached hydrogens (tertiary/aromatic N) is 1. The van der Waals surface area contributed by atoms with E-state index in [1.807, 2.05) is 6.92 Å². The second kappa shape index (κ2) is 5.94. The van der Waals surface area contributed by atoms with Gasteiger partial charge in [-0.15, -0.1) is 0 Å². The summed E-state index contributed by atoms with van der Waals surface area (Å²) in [5.74, 6) is -0.484. The van der Waals surface area contributed by atoms with Crippen LogP contribution < -0.4 is 5.73 Å². The summed E-state index contributed by atoms with van der Waals surface area (Å²) in [5, 5.41) is 0. The first kappa shape index (κ1) is 11.4. The average Bonchev–Trinajstić information content (AvgIpc) is 1.96. The van der Waals surface area contributed by atoms with Crippen LogP contribution in [0.4, 0.5) is 0 Å². The predicted octanol–water partition coefficient (Wildman–Crippen LogP) is 1.97. The SMILES string of the molecule is CCC/C=C(\N=C(C)Br)C(N)=O. The second-order valence-electron chi connectivity index (χ2n) is 2.35. The molecule has 0 aliphatic rings. The van der Waals surface area contributed by atoms with Gasteiger partial charge in [-0.05, 0) is 29.3 Å². The lowest BCUT2D eigenvalue weighted by Crippen LogP contribution is -2.13. The number of amides is 1. The van der Waals surface area contributed by atoms with E-state index in [-0.39, 0.29) is 0 Å². The average molecular weight is 233 g/mol. The van der Waals surface area contributed by atoms with E-state index in [2.05, 4.69) is 20.9 Å². The van der Waals surface area contributed by atoms with Crippen molar-refractivity contribution in [2.75, 3.05) is 0 Å². The van der Waals surface area contributed by atoms with Gasteiger partial charge >= 0.3 is 0 Å². The fourth-order valence-electron chi connectivity index (χ4n) is 0.648. The van der Waals surface area contributed by atoms with Crippen LogP contribution in [0.2, 0.25) is 0 Å². The minimum absolute atomic E-state index is 0.325. The predicted molar refractivity (Wildman–Crippen MR) is 54.2 cm³/mol. The highest BCUT2D eigenvalue weighted by Gasteiger charge is 2.01. The quantitative estimate of drug-likeness (QED) is 0.585. The third-order valence-electron chi connectivity index (χ3n) is 1.15. The van der Waals surface area contributed by atoms with Crippen molar-refractivity contribution in [3.63, 3.8) is 0 Å². The molecular weight excluding hydrogens is 220 g/mol. The number of allylic oxidation sites excluding steroid dienone is 1. The number of hydrogen-bond donors (Lipinski definition) is 1. The summed E-state index contributed by atoms with van der Waals surface area (Å²) < 4.78 is 0.656. The summed E-state index contributed by atoms with van der Waals surface area (Å²) in [6.07, 6.45) is 3.54. The van der Waals surface area contributed by atoms with Crippen molar-refractivity contribution in [1.82, 2.24) is 0 Å². The van der Waals surface area contributed by atoms with Crippen LogP contribution in [-0.2, 0) is 4.79 Å². The first-order valence-electron chi connectivity index (χ1n) is 3.78. The van der Waals surface area contributed by atoms with Crippen LogP contribution >= 0.6 is 15.9 Å². The van der Waals surface area contributed by atoms with Gasteiger partial charge in [-0.1, -0.05) is 19.4 Å². The zero-order valence-corrected chi connectivity index (χ0v) is 8.89. The molecular formula is C8H13BrN2O. The molecule has 0 spiro atoms. The Hall–Kier alpha value is -0.640. The Morgan fingerprint density at radius 1 is 1.67 bits per heavy atom. The van der Waals surface area contributed by atoms with Crippen LogP contribution in [0.3, 0.4) is 0 Å². The Kier molecular flexibility index (Phi) is 5.62. The Bertz CT molecular complexity index is 217. The van der Waals surface area contributed by atoms with Gasteiger partial charge in [0.2, 0.25) is 0 Å². The van der Waals surface area contributed by atoms with Gasteiger partial charge in [0, 0.05) is 0 Å². The van der Waals surface area contributed by atoms with E-state index < -0.39 is 5.91 Å². The first-order chi connectivity index (χ1) is 5.57. The Morgan fingerprint density at radius 3 is 2.58 bits per heavy atom. The van der Waals surface area contributed by atoms with E-state index in [9.17, 15) is 4.79 Å². The Balaban J connectivity index is 4.44. The van der Waals surface area contributed by atoms with Crippen molar-refractivity contribution < 1.29 is 4.79 Å². The maximum atomic E-state index is 10.8. The van der Waals surface area contributed by atoms with Gasteiger partial charge in [0.15, 0.2) is 0 Å². The molecule has 68 valence electrons. The Morgan fingerprint density at radius 2 is 2.25 bits per heavy atom. The molecule has 0 heterocycles. The lowest BCUT2D eigenvalue weighted by molar-refractivity contribution is -0.114. The molecule has 2 N–H and O–H groups in total. The van der Waals surface area contributed by atoms with Crippen molar-refractivity contribution in [2.45, 2.75) is 26.7 Å². The Labute approximate surface area is 80.9 Å². The molecule has 0 saturated carbocycles. The van der Waals surface area contributed by atoms with E-state index in [1.54, 1.807) is 13.0 Å². The molecule has 0 saturated heterocycles. The molecule has 3 nitrogen and oxygen atoms in total. The van der Waals surface area contributed by atoms with Gasteiger partial charge < -0.3 is 5.73 Å². The van der Waals surface area contributed by atoms with Gasteiger partial charge in [0.25, 0.3) is 5.91 Å². The van der Waals surface area contributed by atoms with Gasteiger partial charge in [-0.25, -0.2) is 4.99 Å². The second-order valence-corrected chi connectivity index (χ2v) is 3.50. The van der Waals surface area contributed by atoms with E-state index in [4.69, 9.17) is 5.73 Å². The normalized spacial score (nSPS) is 13.2. The summed E-state index contributed by atoms with van der Waals surface area (Å²) in [4.78, 5) is 14.7. The molecule has 0 aromatic heterocycles. The van der Waals surface area contributed by atoms with Crippen LogP contribution in [-0.4, -0.2) is 10.5 Å². The zero-order valence-electron chi connectivity index (χ0n) is 7.30. The standard InChI is InChI=1S/C8H13BrN2O/c1-3-4-5-7(8(10)12)11-6(2)9/h5H,3-4H2,1-2H3,(H2,10,12)/b7-5-,11-6?. The lowest BCUT2D eigenvalue weighted by atomic mass is 10.3. The number of hydrogen-bond acceptors (Lipinski definition) is 2. The fourth-order valence-corrected chi connectivity index (χ4v) is 0.839. The summed E-state index contributed by atoms with van der Waals surface area (Å²) in [7, 11) is 0. The number of unbranched alkanes of at least 4 members (excludes halogenated alkanes) is 1. The molecule has 0 aromatic carbocycles. The molecule has 0 unspecified atom stereocenters. The minimum atomic E-state index is -0.484. The molecule has 0 rings (SSSR count). The third-order valence-corrected chi connectivity index (χ3v) is 1.33. The molecule has 1 amide bonds. The number of carbonyl (C=O) groups excluding carboxylic acids is 1. The lowest BCUT2D eigenvalue weighted by Gasteiger charge is -1.95. The largest absolute Gasteiger partial charge is 0.364 e. The molecule has 12 heavy (non-hydrogen) atoms. The van der Waals surface area contributed by atoms with Crippen LogP contribution in [0.25, 0.3) is 0 Å². The number of aliphatic imine (C=N–C) groups is 1. The first-order valence-corrected chi connectivity index (χ1v) is 4.58. The van der Waals surface area contributed by atoms with Crippen molar-refractivity contribution in [2.24, 2.45) is 10.7 Å². The van der Waals surface area contributed by atoms with Crippen LogP contribution in [0, 0.1) is 0 Å². The van der Waals surface area contributed by atoms with E-state index in [0.29, 0.717) is 10.3 Å². The van der Waals surface area contributed by atoms with Crippen LogP contribution in [0.5, 0.6) is 0 Å². The molecule has 0 aromatic rings. The maximum absolute atomic E-state index is 10.8. The smallest absolute Gasteiger partial charge is 0.266 e. The molecule has 0 fully saturated rings. The van der Waals surface area contributed by atoms with E-state index >= 15 is 0 Å². The van der Waals surface area contributed by atoms with Gasteiger partial charge in [0.05, 0.1) is 4.62 Å². The zero-order chi connectivity index (χ0) is 9.56. The highest BCUT2D eigenvalue weighted by molar-refractivity contribution is 9.18. The van der Waals surface area contributed by atoms with Crippen LogP contribution in [0.15, 0.2) is 16.8 Å². The summed E-state index contributed by atoms with van der Waals surface area (Å²) in [6.45, 7) is 3.78. The number of halogens is 1. The number of rotatable bonds is 4. The number of nitrogens with two attached hydrogens (primary N) is 1. The summed E-state index contributed by atoms with van der Waals surface area (Å²) >= 11 is 3.14. The van der Waals surface area contributed by atoms with Gasteiger partial charge in [0.1, 0.15) is 5.70 Å². The number of carbonyl (C=O) groups is 1. The third kappa shape index (κ3) is 5.07. The number of primary amides is 1. The van der Waals surface area contributed by atoms with E-state index in [1.165, 1.54) is 0 Å². The fraction of sp³-hybridized carbons (Fsp3) is 0.500. The molecule has 4 heteroatoms. The van der Waals surface area contributed by atoms with Crippen molar-refractivity contribution in [3.05, 3.63) is 11.8 Å². The van der Waals surface area contributed by atoms with Crippen molar-refractivity contribution in [3.8, 4) is 0 Å². The molecule has 0 radical (unpaired) electrons. The van der Waals surface area contributed by atoms with Gasteiger partial charge in [-0.3, -0.25) is 4.79 Å². The molecule has 0 bridgehead atoms. The van der Waals surface area contributed by atoms with Crippen molar-refractivity contribution in [1.29, 1.82) is 0 Å². The monoisotopic (exact) mass is 232 g/mol. The topological polar surface area (TPSA) is 55.4 Å². The maximum Gasteiger partial charge on any atom is 0.266 e.